The Morgan fingerprint density at radius 1 is 1.50 bits per heavy atom. The van der Waals surface area contributed by atoms with Gasteiger partial charge in [-0.05, 0) is 6.42 Å². The Labute approximate surface area is 149 Å². The Morgan fingerprint density at radius 3 is 2.92 bits per heavy atom. The van der Waals surface area contributed by atoms with Crippen LogP contribution in [0.2, 0.25) is 0 Å². The number of nitrogens with zero attached hydrogens (tertiary/aromatic N) is 1. The summed E-state index contributed by atoms with van der Waals surface area (Å²) < 4.78 is 12.7. The first kappa shape index (κ1) is 18.4. The van der Waals surface area contributed by atoms with E-state index >= 15 is 0 Å². The lowest BCUT2D eigenvalue weighted by Gasteiger charge is -2.30. The summed E-state index contributed by atoms with van der Waals surface area (Å²) in [5.74, 6) is 5.15. The number of aromatic nitrogens is 2. The van der Waals surface area contributed by atoms with Gasteiger partial charge in [-0.25, -0.2) is 4.79 Å². The Balaban J connectivity index is 1.86. The van der Waals surface area contributed by atoms with Crippen LogP contribution in [-0.2, 0) is 14.3 Å². The molecule has 2 aliphatic heterocycles. The van der Waals surface area contributed by atoms with Gasteiger partial charge in [0.05, 0.1) is 13.2 Å². The van der Waals surface area contributed by atoms with Crippen molar-refractivity contribution in [1.29, 1.82) is 0 Å². The fourth-order valence-corrected chi connectivity index (χ4v) is 3.14. The van der Waals surface area contributed by atoms with Gasteiger partial charge in [-0.3, -0.25) is 19.1 Å². The third-order valence-corrected chi connectivity index (χ3v) is 4.77. The van der Waals surface area contributed by atoms with Crippen molar-refractivity contribution in [3.63, 3.8) is 0 Å². The maximum Gasteiger partial charge on any atom is 0.330 e. The van der Waals surface area contributed by atoms with Gasteiger partial charge >= 0.3 is 5.69 Å². The molecule has 0 aromatic carbocycles. The van der Waals surface area contributed by atoms with Crippen LogP contribution in [0.5, 0.6) is 0 Å². The molecular formula is C17H21N3O6. The fourth-order valence-electron chi connectivity index (χ4n) is 3.14. The Morgan fingerprint density at radius 2 is 2.27 bits per heavy atom. The standard InChI is InChI=1S/C17H21N3O6/c1-3-11(21)18-7-5-6-10-8-20(16(24)19-14(10)23)15-12-13(22)17(4-2,26-15)9-25-12/h8,12-13,15,22H,3-4,7,9H2,1-2H3,(H,18,21)(H,19,23,24)/t12-,13?,15+,17-/m0/s1. The number of amides is 1. The van der Waals surface area contributed by atoms with E-state index in [2.05, 4.69) is 22.1 Å². The van der Waals surface area contributed by atoms with Gasteiger partial charge in [0.1, 0.15) is 23.4 Å². The molecule has 0 radical (unpaired) electrons. The highest BCUT2D eigenvalue weighted by atomic mass is 16.6. The Kier molecular flexibility index (Phi) is 5.00. The van der Waals surface area contributed by atoms with Crippen molar-refractivity contribution in [1.82, 2.24) is 14.9 Å². The lowest BCUT2D eigenvalue weighted by atomic mass is 9.96. The van der Waals surface area contributed by atoms with Crippen molar-refractivity contribution in [2.24, 2.45) is 0 Å². The molecule has 1 amide bonds. The molecular weight excluding hydrogens is 342 g/mol. The largest absolute Gasteiger partial charge is 0.387 e. The van der Waals surface area contributed by atoms with E-state index < -0.39 is 35.3 Å². The zero-order valence-electron chi connectivity index (χ0n) is 14.6. The monoisotopic (exact) mass is 363 g/mol. The third kappa shape index (κ3) is 3.07. The minimum atomic E-state index is -0.852. The number of fused-ring (bicyclic) bond motifs is 2. The summed E-state index contributed by atoms with van der Waals surface area (Å²) in [7, 11) is 0. The quantitative estimate of drug-likeness (QED) is 0.581. The summed E-state index contributed by atoms with van der Waals surface area (Å²) >= 11 is 0. The van der Waals surface area contributed by atoms with E-state index in [0.29, 0.717) is 12.8 Å². The van der Waals surface area contributed by atoms with Crippen molar-refractivity contribution in [2.45, 2.75) is 50.7 Å². The normalized spacial score (nSPS) is 29.3. The highest BCUT2D eigenvalue weighted by molar-refractivity contribution is 5.75. The lowest BCUT2D eigenvalue weighted by Crippen LogP contribution is -2.41. The molecule has 3 heterocycles. The number of aliphatic hydroxyl groups is 1. The minimum Gasteiger partial charge on any atom is -0.387 e. The van der Waals surface area contributed by atoms with Crippen LogP contribution in [-0.4, -0.2) is 51.5 Å². The molecule has 9 nitrogen and oxygen atoms in total. The first-order chi connectivity index (χ1) is 12.4. The summed E-state index contributed by atoms with van der Waals surface area (Å²) in [6.07, 6.45) is -0.222. The SMILES string of the molecule is CCC(=O)NCC#Cc1cn([C@@H]2O[C@@]3(CC)CO[C@H]2C3O)c(=O)[nH]c1=O. The van der Waals surface area contributed by atoms with Crippen molar-refractivity contribution >= 4 is 5.91 Å². The van der Waals surface area contributed by atoms with E-state index in [1.165, 1.54) is 10.8 Å². The van der Waals surface area contributed by atoms with E-state index in [9.17, 15) is 19.5 Å². The van der Waals surface area contributed by atoms with Crippen molar-refractivity contribution < 1.29 is 19.4 Å². The number of H-pyrrole nitrogens is 1. The first-order valence-electron chi connectivity index (χ1n) is 8.50. The fraction of sp³-hybridized carbons (Fsp3) is 0.588. The minimum absolute atomic E-state index is 0.0572. The number of carbonyl (C=O) groups excluding carboxylic acids is 1. The zero-order chi connectivity index (χ0) is 18.9. The Hall–Kier alpha value is -2.41. The average molecular weight is 363 g/mol. The topological polar surface area (TPSA) is 123 Å². The van der Waals surface area contributed by atoms with Gasteiger partial charge in [-0.1, -0.05) is 25.7 Å². The molecule has 2 fully saturated rings. The molecule has 140 valence electrons. The summed E-state index contributed by atoms with van der Waals surface area (Å²) in [5, 5.41) is 12.9. The molecule has 0 spiro atoms. The molecule has 1 aromatic heterocycles. The summed E-state index contributed by atoms with van der Waals surface area (Å²) in [6, 6.07) is 0. The van der Waals surface area contributed by atoms with Crippen LogP contribution in [0.25, 0.3) is 0 Å². The van der Waals surface area contributed by atoms with E-state index in [4.69, 9.17) is 9.47 Å². The van der Waals surface area contributed by atoms with E-state index in [0.717, 1.165) is 0 Å². The summed E-state index contributed by atoms with van der Waals surface area (Å²) in [4.78, 5) is 37.5. The summed E-state index contributed by atoms with van der Waals surface area (Å²) in [5.41, 5.74) is -2.09. The van der Waals surface area contributed by atoms with E-state index in [-0.39, 0.29) is 24.6 Å². The number of ether oxygens (including phenoxy) is 2. The number of carbonyl (C=O) groups is 1. The highest BCUT2D eigenvalue weighted by Gasteiger charge is 2.60. The molecule has 0 aliphatic carbocycles. The smallest absolute Gasteiger partial charge is 0.330 e. The van der Waals surface area contributed by atoms with Crippen LogP contribution in [0.4, 0.5) is 0 Å². The second-order valence-electron chi connectivity index (χ2n) is 6.29. The van der Waals surface area contributed by atoms with E-state index in [1.54, 1.807) is 6.92 Å². The molecule has 0 saturated carbocycles. The highest BCUT2D eigenvalue weighted by Crippen LogP contribution is 2.46. The molecule has 4 atom stereocenters. The van der Waals surface area contributed by atoms with Gasteiger partial charge in [0, 0.05) is 12.6 Å². The molecule has 3 N–H and O–H groups in total. The second-order valence-corrected chi connectivity index (χ2v) is 6.29. The van der Waals surface area contributed by atoms with Gasteiger partial charge in [0.15, 0.2) is 6.23 Å². The number of rotatable bonds is 4. The predicted molar refractivity (Wildman–Crippen MR) is 90.4 cm³/mol. The van der Waals surface area contributed by atoms with Crippen LogP contribution >= 0.6 is 0 Å². The molecule has 9 heteroatoms. The molecule has 1 unspecified atom stereocenters. The predicted octanol–water partition coefficient (Wildman–Crippen LogP) is -1.15. The zero-order valence-corrected chi connectivity index (χ0v) is 14.6. The number of nitrogens with one attached hydrogen (secondary N) is 2. The van der Waals surface area contributed by atoms with Gasteiger partial charge in [-0.15, -0.1) is 0 Å². The van der Waals surface area contributed by atoms with Crippen LogP contribution in [0.3, 0.4) is 0 Å². The average Bonchev–Trinajstić information content (AvgIpc) is 3.10. The maximum absolute atomic E-state index is 12.2. The third-order valence-electron chi connectivity index (χ3n) is 4.77. The van der Waals surface area contributed by atoms with Gasteiger partial charge < -0.3 is 19.9 Å². The number of aromatic amines is 1. The lowest BCUT2D eigenvalue weighted by molar-refractivity contribution is -0.175. The number of hydrogen-bond acceptors (Lipinski definition) is 6. The maximum atomic E-state index is 12.2. The van der Waals surface area contributed by atoms with Crippen LogP contribution in [0, 0.1) is 11.8 Å². The molecule has 3 rings (SSSR count). The second kappa shape index (κ2) is 7.07. The van der Waals surface area contributed by atoms with Gasteiger partial charge in [0.2, 0.25) is 5.91 Å². The van der Waals surface area contributed by atoms with Crippen LogP contribution in [0.1, 0.15) is 38.5 Å². The Bertz CT molecular complexity index is 879. The number of aliphatic hydroxyl groups excluding tert-OH is 1. The summed E-state index contributed by atoms with van der Waals surface area (Å²) in [6.45, 7) is 3.94. The van der Waals surface area contributed by atoms with Crippen molar-refractivity contribution in [3.05, 3.63) is 32.6 Å². The van der Waals surface area contributed by atoms with Gasteiger partial charge in [0.25, 0.3) is 5.56 Å². The van der Waals surface area contributed by atoms with Crippen molar-refractivity contribution in [3.8, 4) is 11.8 Å². The van der Waals surface area contributed by atoms with Crippen LogP contribution in [0.15, 0.2) is 15.8 Å². The molecule has 2 bridgehead atoms. The van der Waals surface area contributed by atoms with Crippen LogP contribution < -0.4 is 16.6 Å². The van der Waals surface area contributed by atoms with Gasteiger partial charge in [-0.2, -0.15) is 0 Å². The number of hydrogen-bond donors (Lipinski definition) is 3. The molecule has 26 heavy (non-hydrogen) atoms. The first-order valence-corrected chi connectivity index (χ1v) is 8.50. The molecule has 1 aromatic rings. The molecule has 2 saturated heterocycles. The van der Waals surface area contributed by atoms with Crippen molar-refractivity contribution in [2.75, 3.05) is 13.2 Å². The van der Waals surface area contributed by atoms with E-state index in [1.807, 2.05) is 6.92 Å². The molecule has 2 aliphatic rings.